The Bertz CT molecular complexity index is 2530. The zero-order valence-electron chi connectivity index (χ0n) is 29.8. The zero-order chi connectivity index (χ0) is 38.2. The molecule has 8 rings (SSSR count). The smallest absolute Gasteiger partial charge is 0.337 e. The number of carboxylic acid groups (broad SMARTS) is 1. The minimum Gasteiger partial charge on any atom is -0.478 e. The van der Waals surface area contributed by atoms with Crippen molar-refractivity contribution < 1.29 is 40.6 Å². The maximum atomic E-state index is 13.0. The summed E-state index contributed by atoms with van der Waals surface area (Å²) in [4.78, 5) is 15.3. The summed E-state index contributed by atoms with van der Waals surface area (Å²) in [5, 5.41) is 12.1. The Morgan fingerprint density at radius 2 is 1.55 bits per heavy atom. The maximum Gasteiger partial charge on any atom is 0.337 e. The lowest BCUT2D eigenvalue weighted by Gasteiger charge is -2.51. The molecule has 2 unspecified atom stereocenters. The number of fused-ring (bicyclic) bond motifs is 4. The number of halogens is 2. The van der Waals surface area contributed by atoms with Crippen molar-refractivity contribution in [1.29, 1.82) is 0 Å². The molecule has 0 saturated carbocycles. The van der Waals surface area contributed by atoms with Crippen LogP contribution in [-0.4, -0.2) is 72.7 Å². The summed E-state index contributed by atoms with van der Waals surface area (Å²) >= 11 is 13.6. The Kier molecular flexibility index (Phi) is 8.43. The molecule has 0 spiro atoms. The molecule has 53 heavy (non-hydrogen) atoms. The summed E-state index contributed by atoms with van der Waals surface area (Å²) in [7, 11) is -8.79. The highest BCUT2D eigenvalue weighted by Crippen LogP contribution is 2.55. The van der Waals surface area contributed by atoms with Crippen LogP contribution in [0.5, 0.6) is 11.5 Å². The molecule has 11 nitrogen and oxygen atoms in total. The monoisotopic (exact) mass is 803 g/mol. The first-order valence-electron chi connectivity index (χ1n) is 17.8. The number of hydrogen-bond acceptors (Lipinski definition) is 7. The van der Waals surface area contributed by atoms with E-state index in [0.717, 1.165) is 48.1 Å². The second-order valence-electron chi connectivity index (χ2n) is 16.3. The number of benzene rings is 3. The Morgan fingerprint density at radius 1 is 0.906 bits per heavy atom. The molecule has 5 heterocycles. The van der Waals surface area contributed by atoms with Gasteiger partial charge in [-0.2, -0.15) is 16.8 Å². The van der Waals surface area contributed by atoms with Gasteiger partial charge in [0.25, 0.3) is 20.2 Å². The van der Waals surface area contributed by atoms with Gasteiger partial charge in [-0.3, -0.25) is 9.11 Å². The molecular formula is C38H41Cl2N2O9S2+. The highest BCUT2D eigenvalue weighted by atomic mass is 35.5. The fourth-order valence-corrected chi connectivity index (χ4v) is 12.1. The number of nitrogens with zero attached hydrogens (tertiary/aromatic N) is 2. The first kappa shape index (κ1) is 36.8. The molecule has 3 N–H and O–H groups in total. The second-order valence-corrected chi connectivity index (χ2v) is 20.1. The number of ether oxygens (including phenoxy) is 1. The summed E-state index contributed by atoms with van der Waals surface area (Å²) < 4.78 is 79.6. The molecule has 3 aromatic rings. The van der Waals surface area contributed by atoms with Crippen LogP contribution in [0.3, 0.4) is 0 Å². The number of anilines is 1. The summed E-state index contributed by atoms with van der Waals surface area (Å²) in [6.07, 6.45) is 3.65. The molecule has 0 aliphatic carbocycles. The predicted molar refractivity (Wildman–Crippen MR) is 203 cm³/mol. The third kappa shape index (κ3) is 5.97. The lowest BCUT2D eigenvalue weighted by atomic mass is 9.74. The van der Waals surface area contributed by atoms with E-state index < -0.39 is 60.6 Å². The largest absolute Gasteiger partial charge is 0.478 e. The predicted octanol–water partition coefficient (Wildman–Crippen LogP) is 5.54. The lowest BCUT2D eigenvalue weighted by molar-refractivity contribution is 0.0696. The third-order valence-corrected chi connectivity index (χ3v) is 14.2. The van der Waals surface area contributed by atoms with Gasteiger partial charge in [-0.1, -0.05) is 23.2 Å². The summed E-state index contributed by atoms with van der Waals surface area (Å²) in [6.45, 7) is 9.73. The van der Waals surface area contributed by atoms with Gasteiger partial charge in [0.15, 0.2) is 5.54 Å². The van der Waals surface area contributed by atoms with Crippen LogP contribution in [0.25, 0.3) is 5.57 Å². The van der Waals surface area contributed by atoms with Crippen molar-refractivity contribution in [1.82, 2.24) is 4.58 Å². The van der Waals surface area contributed by atoms with Crippen LogP contribution in [0.1, 0.15) is 109 Å². The van der Waals surface area contributed by atoms with Crippen molar-refractivity contribution in [3.63, 3.8) is 0 Å². The average Bonchev–Trinajstić information content (AvgIpc) is 3.04. The van der Waals surface area contributed by atoms with Gasteiger partial charge in [0, 0.05) is 80.5 Å². The van der Waals surface area contributed by atoms with Crippen molar-refractivity contribution in [2.24, 2.45) is 0 Å². The van der Waals surface area contributed by atoms with E-state index in [0.29, 0.717) is 64.7 Å². The Morgan fingerprint density at radius 3 is 2.21 bits per heavy atom. The first-order valence-corrected chi connectivity index (χ1v) is 21.8. The molecule has 5 aliphatic heterocycles. The van der Waals surface area contributed by atoms with Crippen LogP contribution < -0.4 is 24.8 Å². The van der Waals surface area contributed by atoms with Gasteiger partial charge in [0.1, 0.15) is 18.0 Å². The fourth-order valence-electron chi connectivity index (χ4n) is 10.0. The molecule has 2 atom stereocenters. The molecule has 3 aromatic carbocycles. The molecule has 282 valence electrons. The van der Waals surface area contributed by atoms with Crippen molar-refractivity contribution in [3.8, 4) is 11.5 Å². The second kappa shape index (κ2) is 12.1. The SMILES string of the molecule is CC1(C)CC(CS(=O)(=O)O)c2cc3c(c4c2N1CCC4)Oc1c2c4c(cc1=C3c1c(Cl)ccc(Cl)c1C(=O)O)C(CS(=O)(=O)O)CC(C)(C)[N+]=4CCC2. The highest BCUT2D eigenvalue weighted by molar-refractivity contribution is 7.86. The zero-order valence-corrected chi connectivity index (χ0v) is 32.9. The number of carboxylic acids is 1. The van der Waals surface area contributed by atoms with Gasteiger partial charge >= 0.3 is 5.97 Å². The van der Waals surface area contributed by atoms with E-state index in [1.54, 1.807) is 0 Å². The standard InChI is InChI=1S/C38H40Cl2N2O9S2/c1-37(2)15-19(17-52(45,46)47)23-13-25-29(30-27(39)9-10-28(40)31(30)36(43)44)26-14-24-20(18-53(48,49)50)16-38(3,4)42-12-6-8-22(33(24)42)35(26)51-34(25)21-7-5-11-41(37)32(21)23/h9-10,13-14,19-20H,5-8,11-12,15-18H2,1-4H3,(H2-,43,44,45,46,47,48,49,50)/p+1. The van der Waals surface area contributed by atoms with E-state index in [9.17, 15) is 35.8 Å². The van der Waals surface area contributed by atoms with E-state index >= 15 is 0 Å². The molecule has 15 heteroatoms. The maximum absolute atomic E-state index is 13.0. The molecule has 5 aliphatic rings. The molecule has 0 saturated heterocycles. The van der Waals surface area contributed by atoms with Gasteiger partial charge in [-0.05, 0) is 83.2 Å². The van der Waals surface area contributed by atoms with E-state index in [1.807, 2.05) is 12.1 Å². The van der Waals surface area contributed by atoms with Crippen molar-refractivity contribution >= 4 is 60.7 Å². The summed E-state index contributed by atoms with van der Waals surface area (Å²) in [5.74, 6) is -2.45. The number of hydrogen-bond donors (Lipinski definition) is 3. The summed E-state index contributed by atoms with van der Waals surface area (Å²) in [6, 6.07) is 6.68. The number of aromatic carboxylic acids is 1. The van der Waals surface area contributed by atoms with Crippen LogP contribution in [0.4, 0.5) is 5.69 Å². The van der Waals surface area contributed by atoms with Gasteiger partial charge in [0.05, 0.1) is 27.7 Å². The first-order chi connectivity index (χ1) is 24.7. The number of carbonyl (C=O) groups is 1. The molecule has 0 fully saturated rings. The fraction of sp³-hybridized carbons (Fsp3) is 0.474. The Balaban J connectivity index is 1.58. The quantitative estimate of drug-likeness (QED) is 0.167. The normalized spacial score (nSPS) is 22.3. The Labute approximate surface area is 318 Å². The van der Waals surface area contributed by atoms with Crippen LogP contribution in [0.2, 0.25) is 10.0 Å². The minimum atomic E-state index is -4.40. The molecule has 0 aromatic heterocycles. The average molecular weight is 805 g/mol. The topological polar surface area (TPSA) is 162 Å². The Hall–Kier alpha value is -3.20. The van der Waals surface area contributed by atoms with E-state index in [-0.39, 0.29) is 21.2 Å². The van der Waals surface area contributed by atoms with Crippen LogP contribution in [-0.2, 0) is 33.1 Å². The summed E-state index contributed by atoms with van der Waals surface area (Å²) in [5.41, 5.74) is 3.94. The van der Waals surface area contributed by atoms with Crippen LogP contribution in [0, 0.1) is 0 Å². The van der Waals surface area contributed by atoms with E-state index in [1.165, 1.54) is 12.1 Å². The van der Waals surface area contributed by atoms with Gasteiger partial charge in [-0.25, -0.2) is 9.37 Å². The van der Waals surface area contributed by atoms with Crippen molar-refractivity contribution in [3.05, 3.63) is 83.8 Å². The van der Waals surface area contributed by atoms with Gasteiger partial charge in [-0.15, -0.1) is 0 Å². The third-order valence-electron chi connectivity index (χ3n) is 11.9. The van der Waals surface area contributed by atoms with Crippen LogP contribution >= 0.6 is 23.2 Å². The van der Waals surface area contributed by atoms with E-state index in [4.69, 9.17) is 27.9 Å². The highest BCUT2D eigenvalue weighted by Gasteiger charge is 2.47. The van der Waals surface area contributed by atoms with Gasteiger partial charge < -0.3 is 14.7 Å². The van der Waals surface area contributed by atoms with Crippen LogP contribution in [0.15, 0.2) is 24.3 Å². The van der Waals surface area contributed by atoms with Crippen molar-refractivity contribution in [2.45, 2.75) is 89.1 Å². The minimum absolute atomic E-state index is 0.0352. The molecule has 0 bridgehead atoms. The molecular weight excluding hydrogens is 763 g/mol. The van der Waals surface area contributed by atoms with E-state index in [2.05, 4.69) is 37.2 Å². The van der Waals surface area contributed by atoms with Crippen molar-refractivity contribution in [2.75, 3.05) is 29.5 Å². The van der Waals surface area contributed by atoms with Gasteiger partial charge in [0.2, 0.25) is 5.36 Å². The lowest BCUT2D eigenvalue weighted by Crippen LogP contribution is -2.57. The number of rotatable bonds is 6. The molecule has 0 amide bonds. The molecule has 0 radical (unpaired) electrons.